The molecule has 0 saturated carbocycles. The Bertz CT molecular complexity index is 1040. The summed E-state index contributed by atoms with van der Waals surface area (Å²) in [5.74, 6) is 0.646. The molecule has 0 atom stereocenters. The van der Waals surface area contributed by atoms with Crippen molar-refractivity contribution in [2.75, 3.05) is 38.1 Å². The molecule has 3 heterocycles. The van der Waals surface area contributed by atoms with E-state index in [4.69, 9.17) is 0 Å². The van der Waals surface area contributed by atoms with Crippen LogP contribution in [0, 0.1) is 0 Å². The fourth-order valence-corrected chi connectivity index (χ4v) is 3.35. The Morgan fingerprint density at radius 3 is 2.68 bits per heavy atom. The van der Waals surface area contributed by atoms with E-state index in [1.54, 1.807) is 24.4 Å². The van der Waals surface area contributed by atoms with E-state index in [2.05, 4.69) is 32.1 Å². The highest BCUT2D eigenvalue weighted by molar-refractivity contribution is 5.96. The van der Waals surface area contributed by atoms with Crippen molar-refractivity contribution >= 4 is 22.5 Å². The predicted octanol–water partition coefficient (Wildman–Crippen LogP) is 1.60. The number of amides is 1. The fraction of sp³-hybridized carbons (Fsp3) is 0.286. The van der Waals surface area contributed by atoms with Crippen LogP contribution in [0.3, 0.4) is 0 Å². The summed E-state index contributed by atoms with van der Waals surface area (Å²) < 4.78 is 0. The van der Waals surface area contributed by atoms with Crippen molar-refractivity contribution < 1.29 is 4.79 Å². The van der Waals surface area contributed by atoms with Crippen LogP contribution in [0.5, 0.6) is 0 Å². The maximum absolute atomic E-state index is 12.4. The molecule has 7 heteroatoms. The first-order valence-corrected chi connectivity index (χ1v) is 9.39. The number of piperazine rings is 1. The summed E-state index contributed by atoms with van der Waals surface area (Å²) in [6.45, 7) is 4.35. The molecule has 4 rings (SSSR count). The number of aromatic nitrogens is 2. The van der Waals surface area contributed by atoms with Crippen molar-refractivity contribution in [1.29, 1.82) is 0 Å². The number of fused-ring (bicyclic) bond motifs is 1. The lowest BCUT2D eigenvalue weighted by Gasteiger charge is -2.33. The predicted molar refractivity (Wildman–Crippen MR) is 110 cm³/mol. The molecule has 1 aliphatic heterocycles. The average Bonchev–Trinajstić information content (AvgIpc) is 2.73. The molecule has 0 bridgehead atoms. The fourth-order valence-electron chi connectivity index (χ4n) is 3.35. The van der Waals surface area contributed by atoms with E-state index in [-0.39, 0.29) is 17.2 Å². The molecular weight excluding hydrogens is 354 g/mol. The molecule has 1 saturated heterocycles. The van der Waals surface area contributed by atoms with Crippen molar-refractivity contribution in [1.82, 2.24) is 20.2 Å². The van der Waals surface area contributed by atoms with Gasteiger partial charge in [-0.2, -0.15) is 0 Å². The van der Waals surface area contributed by atoms with Gasteiger partial charge < -0.3 is 20.1 Å². The van der Waals surface area contributed by atoms with Crippen LogP contribution in [-0.4, -0.2) is 54.0 Å². The number of H-pyrrole nitrogens is 1. The first kappa shape index (κ1) is 18.2. The van der Waals surface area contributed by atoms with Gasteiger partial charge in [-0.15, -0.1) is 0 Å². The van der Waals surface area contributed by atoms with E-state index < -0.39 is 0 Å². The van der Waals surface area contributed by atoms with Crippen LogP contribution in [-0.2, 0) is 6.54 Å². The summed E-state index contributed by atoms with van der Waals surface area (Å²) in [7, 11) is 2.12. The summed E-state index contributed by atoms with van der Waals surface area (Å²) in [4.78, 5) is 36.3. The minimum atomic E-state index is -0.314. The van der Waals surface area contributed by atoms with Gasteiger partial charge in [-0.05, 0) is 36.2 Å². The standard InChI is InChI=1S/C21H23N5O2/c1-25-8-10-26(11-9-25)19-7-6-15(13-22-19)14-23-21(28)18-12-16-4-2-3-5-17(16)20(27)24-18/h2-7,12-13H,8-11,14H2,1H3,(H,23,28)(H,24,27). The van der Waals surface area contributed by atoms with Crippen LogP contribution in [0.2, 0.25) is 0 Å². The van der Waals surface area contributed by atoms with Crippen molar-refractivity contribution in [3.63, 3.8) is 0 Å². The van der Waals surface area contributed by atoms with Gasteiger partial charge in [0.15, 0.2) is 0 Å². The number of pyridine rings is 2. The van der Waals surface area contributed by atoms with E-state index in [9.17, 15) is 9.59 Å². The van der Waals surface area contributed by atoms with Crippen LogP contribution in [0.4, 0.5) is 5.82 Å². The highest BCUT2D eigenvalue weighted by Crippen LogP contribution is 2.14. The molecule has 144 valence electrons. The number of anilines is 1. The summed E-state index contributed by atoms with van der Waals surface area (Å²) in [6, 6.07) is 12.9. The number of nitrogens with zero attached hydrogens (tertiary/aromatic N) is 3. The Hall–Kier alpha value is -3.19. The molecule has 0 aliphatic carbocycles. The van der Waals surface area contributed by atoms with Gasteiger partial charge in [0, 0.05) is 44.3 Å². The monoisotopic (exact) mass is 377 g/mol. The SMILES string of the molecule is CN1CCN(c2ccc(CNC(=O)c3cc4ccccc4c(=O)[nH]3)cn2)CC1. The molecule has 1 amide bonds. The Morgan fingerprint density at radius 1 is 1.14 bits per heavy atom. The summed E-state index contributed by atoms with van der Waals surface area (Å²) in [6.07, 6.45) is 1.79. The van der Waals surface area contributed by atoms with E-state index >= 15 is 0 Å². The Morgan fingerprint density at radius 2 is 1.93 bits per heavy atom. The maximum atomic E-state index is 12.4. The van der Waals surface area contributed by atoms with E-state index in [1.165, 1.54) is 0 Å². The Kier molecular flexibility index (Phi) is 5.08. The van der Waals surface area contributed by atoms with Crippen molar-refractivity contribution in [2.24, 2.45) is 0 Å². The van der Waals surface area contributed by atoms with Gasteiger partial charge in [-0.1, -0.05) is 24.3 Å². The largest absolute Gasteiger partial charge is 0.354 e. The number of aromatic amines is 1. The zero-order valence-corrected chi connectivity index (χ0v) is 15.8. The van der Waals surface area contributed by atoms with Gasteiger partial charge >= 0.3 is 0 Å². The molecule has 2 aromatic heterocycles. The first-order chi connectivity index (χ1) is 13.6. The molecule has 1 aliphatic rings. The molecular formula is C21H23N5O2. The van der Waals surface area contributed by atoms with Crippen molar-refractivity contribution in [3.8, 4) is 0 Å². The Balaban J connectivity index is 1.40. The lowest BCUT2D eigenvalue weighted by molar-refractivity contribution is 0.0946. The molecule has 28 heavy (non-hydrogen) atoms. The lowest BCUT2D eigenvalue weighted by Crippen LogP contribution is -2.44. The van der Waals surface area contributed by atoms with Crippen LogP contribution in [0.25, 0.3) is 10.8 Å². The highest BCUT2D eigenvalue weighted by Gasteiger charge is 2.15. The van der Waals surface area contributed by atoms with Gasteiger partial charge in [-0.3, -0.25) is 9.59 Å². The molecule has 2 N–H and O–H groups in total. The van der Waals surface area contributed by atoms with Crippen LogP contribution in [0.1, 0.15) is 16.1 Å². The number of carbonyl (C=O) groups excluding carboxylic acids is 1. The third-order valence-corrected chi connectivity index (χ3v) is 5.09. The van der Waals surface area contributed by atoms with Crippen LogP contribution >= 0.6 is 0 Å². The average molecular weight is 377 g/mol. The molecule has 1 fully saturated rings. The molecule has 7 nitrogen and oxygen atoms in total. The minimum Gasteiger partial charge on any atom is -0.354 e. The second kappa shape index (κ2) is 7.82. The summed E-state index contributed by atoms with van der Waals surface area (Å²) in [5, 5.41) is 4.16. The molecule has 1 aromatic carbocycles. The van der Waals surface area contributed by atoms with Crippen LogP contribution in [0.15, 0.2) is 53.5 Å². The minimum absolute atomic E-state index is 0.255. The van der Waals surface area contributed by atoms with Gasteiger partial charge in [0.05, 0.1) is 0 Å². The number of nitrogens with one attached hydrogen (secondary N) is 2. The maximum Gasteiger partial charge on any atom is 0.268 e. The number of benzene rings is 1. The van der Waals surface area contributed by atoms with E-state index in [0.717, 1.165) is 42.9 Å². The smallest absolute Gasteiger partial charge is 0.268 e. The number of hydrogen-bond donors (Lipinski definition) is 2. The molecule has 3 aromatic rings. The van der Waals surface area contributed by atoms with Gasteiger partial charge in [0.1, 0.15) is 11.5 Å². The normalized spacial score (nSPS) is 15.0. The third kappa shape index (κ3) is 3.89. The second-order valence-electron chi connectivity index (χ2n) is 7.10. The highest BCUT2D eigenvalue weighted by atomic mass is 16.2. The third-order valence-electron chi connectivity index (χ3n) is 5.09. The summed E-state index contributed by atoms with van der Waals surface area (Å²) >= 11 is 0. The second-order valence-corrected chi connectivity index (χ2v) is 7.10. The lowest BCUT2D eigenvalue weighted by atomic mass is 10.1. The van der Waals surface area contributed by atoms with E-state index in [0.29, 0.717) is 11.9 Å². The Labute approximate surface area is 163 Å². The van der Waals surface area contributed by atoms with Crippen molar-refractivity contribution in [3.05, 3.63) is 70.3 Å². The zero-order valence-electron chi connectivity index (χ0n) is 15.8. The first-order valence-electron chi connectivity index (χ1n) is 9.39. The van der Waals surface area contributed by atoms with Crippen LogP contribution < -0.4 is 15.8 Å². The van der Waals surface area contributed by atoms with Gasteiger partial charge in [0.25, 0.3) is 11.5 Å². The van der Waals surface area contributed by atoms with E-state index in [1.807, 2.05) is 24.3 Å². The topological polar surface area (TPSA) is 81.3 Å². The summed E-state index contributed by atoms with van der Waals surface area (Å²) in [5.41, 5.74) is 0.904. The number of rotatable bonds is 4. The molecule has 0 radical (unpaired) electrons. The number of likely N-dealkylation sites (N-methyl/N-ethyl adjacent to an activating group) is 1. The zero-order chi connectivity index (χ0) is 19.5. The van der Waals surface area contributed by atoms with Crippen molar-refractivity contribution in [2.45, 2.75) is 6.54 Å². The van der Waals surface area contributed by atoms with Gasteiger partial charge in [0.2, 0.25) is 0 Å². The molecule has 0 spiro atoms. The number of carbonyl (C=O) groups is 1. The number of hydrogen-bond acceptors (Lipinski definition) is 5. The molecule has 0 unspecified atom stereocenters. The van der Waals surface area contributed by atoms with Gasteiger partial charge in [-0.25, -0.2) is 4.98 Å². The quantitative estimate of drug-likeness (QED) is 0.722.